The second kappa shape index (κ2) is 7.59. The molecule has 1 aromatic carbocycles. The fourth-order valence-corrected chi connectivity index (χ4v) is 2.93. The molecule has 1 aromatic rings. The molecule has 0 aliphatic carbocycles. The number of rotatable bonds is 4. The van der Waals surface area contributed by atoms with Gasteiger partial charge in [0.25, 0.3) is 5.91 Å². The van der Waals surface area contributed by atoms with E-state index in [0.29, 0.717) is 44.2 Å². The van der Waals surface area contributed by atoms with E-state index in [1.165, 1.54) is 12.1 Å². The van der Waals surface area contributed by atoms with Crippen LogP contribution in [0.2, 0.25) is 0 Å². The van der Waals surface area contributed by atoms with Gasteiger partial charge in [0.05, 0.1) is 24.9 Å². The van der Waals surface area contributed by atoms with Gasteiger partial charge in [0.15, 0.2) is 11.5 Å². The van der Waals surface area contributed by atoms with Crippen LogP contribution in [0.5, 0.6) is 11.5 Å². The van der Waals surface area contributed by atoms with Crippen molar-refractivity contribution in [1.82, 2.24) is 10.6 Å². The highest BCUT2D eigenvalue weighted by molar-refractivity contribution is 5.98. The second-order valence-corrected chi connectivity index (χ2v) is 5.99. The van der Waals surface area contributed by atoms with Gasteiger partial charge in [-0.05, 0) is 24.2 Å². The first kappa shape index (κ1) is 16.7. The van der Waals surface area contributed by atoms with Crippen molar-refractivity contribution in [3.8, 4) is 11.5 Å². The molecule has 8 heteroatoms. The maximum Gasteiger partial charge on any atom is 0.255 e. The molecule has 3 N–H and O–H groups in total. The van der Waals surface area contributed by atoms with Gasteiger partial charge < -0.3 is 25.2 Å². The second-order valence-electron chi connectivity index (χ2n) is 5.99. The lowest BCUT2D eigenvalue weighted by Crippen LogP contribution is -2.45. The summed E-state index contributed by atoms with van der Waals surface area (Å²) in [5, 5.41) is 18.8. The number of hydrogen-bond donors (Lipinski definition) is 3. The zero-order valence-electron chi connectivity index (χ0n) is 13.3. The molecule has 1 fully saturated rings. The SMILES string of the molecule is O=Nc1cc2c(c(C(=O)NC[C@@H]3CCNCC3O)c1)OCCCO2. The van der Waals surface area contributed by atoms with Crippen molar-refractivity contribution in [2.24, 2.45) is 11.1 Å². The fraction of sp³-hybridized carbons (Fsp3) is 0.562. The molecule has 0 saturated carbocycles. The zero-order valence-corrected chi connectivity index (χ0v) is 13.3. The molecule has 0 spiro atoms. The zero-order chi connectivity index (χ0) is 16.9. The predicted molar refractivity (Wildman–Crippen MR) is 86.8 cm³/mol. The van der Waals surface area contributed by atoms with Crippen molar-refractivity contribution < 1.29 is 19.4 Å². The molecule has 1 saturated heterocycles. The summed E-state index contributed by atoms with van der Waals surface area (Å²) in [7, 11) is 0. The summed E-state index contributed by atoms with van der Waals surface area (Å²) in [6.07, 6.45) is 0.995. The van der Waals surface area contributed by atoms with Crippen LogP contribution in [0.4, 0.5) is 5.69 Å². The van der Waals surface area contributed by atoms with Crippen LogP contribution in [0, 0.1) is 10.8 Å². The van der Waals surface area contributed by atoms with Gasteiger partial charge in [0.1, 0.15) is 5.69 Å². The Kier molecular flexibility index (Phi) is 5.27. The van der Waals surface area contributed by atoms with E-state index in [4.69, 9.17) is 9.47 Å². The number of β-amino-alcohol motifs (C(OH)–C–C–N with tert-alkyl or cyclic N) is 1. The molecule has 24 heavy (non-hydrogen) atoms. The van der Waals surface area contributed by atoms with Gasteiger partial charge in [-0.1, -0.05) is 0 Å². The minimum atomic E-state index is -0.487. The number of aliphatic hydroxyl groups excluding tert-OH is 1. The van der Waals surface area contributed by atoms with E-state index in [0.717, 1.165) is 13.0 Å². The quantitative estimate of drug-likeness (QED) is 0.707. The van der Waals surface area contributed by atoms with E-state index in [9.17, 15) is 14.8 Å². The third kappa shape index (κ3) is 3.65. The van der Waals surface area contributed by atoms with Crippen molar-refractivity contribution in [1.29, 1.82) is 0 Å². The number of nitroso groups, excluding NO2 is 1. The Morgan fingerprint density at radius 3 is 3.00 bits per heavy atom. The summed E-state index contributed by atoms with van der Waals surface area (Å²) in [4.78, 5) is 23.4. The highest BCUT2D eigenvalue weighted by Gasteiger charge is 2.25. The Morgan fingerprint density at radius 2 is 2.21 bits per heavy atom. The van der Waals surface area contributed by atoms with Crippen molar-refractivity contribution in [3.05, 3.63) is 22.6 Å². The molecule has 1 unspecified atom stereocenters. The molecule has 1 amide bonds. The standard InChI is InChI=1S/C16H21N3O5/c20-13-9-17-3-2-10(13)8-18-16(21)12-6-11(19-22)7-14-15(12)24-5-1-4-23-14/h6-7,10,13,17,20H,1-5,8-9H2,(H,18,21)/t10-,13?/m0/s1. The number of aliphatic hydroxyl groups is 1. The summed E-state index contributed by atoms with van der Waals surface area (Å²) in [5.74, 6) is 0.325. The molecular weight excluding hydrogens is 314 g/mol. The molecule has 0 radical (unpaired) electrons. The number of carbonyl (C=O) groups excluding carboxylic acids is 1. The number of amides is 1. The summed E-state index contributed by atoms with van der Waals surface area (Å²) in [5.41, 5.74) is 0.346. The first-order valence-electron chi connectivity index (χ1n) is 8.13. The molecule has 3 rings (SSSR count). The fourth-order valence-electron chi connectivity index (χ4n) is 2.93. The molecule has 2 aliphatic rings. The van der Waals surface area contributed by atoms with Gasteiger partial charge >= 0.3 is 0 Å². The van der Waals surface area contributed by atoms with Gasteiger partial charge in [0.2, 0.25) is 0 Å². The molecule has 0 aromatic heterocycles. The smallest absolute Gasteiger partial charge is 0.255 e. The van der Waals surface area contributed by atoms with Gasteiger partial charge in [-0.15, -0.1) is 4.91 Å². The average Bonchev–Trinajstić information content (AvgIpc) is 2.85. The Labute approximate surface area is 139 Å². The van der Waals surface area contributed by atoms with E-state index < -0.39 is 6.10 Å². The predicted octanol–water partition coefficient (Wildman–Crippen LogP) is 0.946. The molecule has 8 nitrogen and oxygen atoms in total. The Bertz CT molecular complexity index is 622. The first-order valence-corrected chi connectivity index (χ1v) is 8.13. The summed E-state index contributed by atoms with van der Waals surface area (Å²) in [6.45, 7) is 2.59. The van der Waals surface area contributed by atoms with E-state index >= 15 is 0 Å². The number of nitrogens with one attached hydrogen (secondary N) is 2. The van der Waals surface area contributed by atoms with Gasteiger partial charge in [0, 0.05) is 31.5 Å². The van der Waals surface area contributed by atoms with Crippen LogP contribution in [-0.4, -0.2) is 50.0 Å². The van der Waals surface area contributed by atoms with E-state index in [-0.39, 0.29) is 23.1 Å². The Hall–Kier alpha value is -2.19. The van der Waals surface area contributed by atoms with Crippen molar-refractivity contribution in [2.45, 2.75) is 18.9 Å². The van der Waals surface area contributed by atoms with Crippen molar-refractivity contribution in [3.63, 3.8) is 0 Å². The third-order valence-electron chi connectivity index (χ3n) is 4.30. The summed E-state index contributed by atoms with van der Waals surface area (Å²) >= 11 is 0. The molecule has 2 atom stereocenters. The van der Waals surface area contributed by atoms with Crippen molar-refractivity contribution in [2.75, 3.05) is 32.8 Å². The number of ether oxygens (including phenoxy) is 2. The molecule has 2 aliphatic heterocycles. The minimum Gasteiger partial charge on any atom is -0.489 e. The third-order valence-corrected chi connectivity index (χ3v) is 4.30. The number of carbonyl (C=O) groups is 1. The van der Waals surface area contributed by atoms with Gasteiger partial charge in [-0.2, -0.15) is 0 Å². The topological polar surface area (TPSA) is 109 Å². The Morgan fingerprint density at radius 1 is 1.38 bits per heavy atom. The van der Waals surface area contributed by atoms with Crippen LogP contribution < -0.4 is 20.1 Å². The van der Waals surface area contributed by atoms with E-state index in [2.05, 4.69) is 15.8 Å². The molecular formula is C16H21N3O5. The van der Waals surface area contributed by atoms with Crippen LogP contribution in [0.1, 0.15) is 23.2 Å². The maximum atomic E-state index is 12.6. The van der Waals surface area contributed by atoms with Crippen LogP contribution in [0.3, 0.4) is 0 Å². The summed E-state index contributed by atoms with van der Waals surface area (Å²) < 4.78 is 11.2. The number of benzene rings is 1. The lowest BCUT2D eigenvalue weighted by atomic mass is 9.95. The first-order chi connectivity index (χ1) is 11.7. The minimum absolute atomic E-state index is 0.00153. The van der Waals surface area contributed by atoms with Crippen molar-refractivity contribution >= 4 is 11.6 Å². The monoisotopic (exact) mass is 335 g/mol. The number of piperidine rings is 1. The molecule has 130 valence electrons. The van der Waals surface area contributed by atoms with Crippen LogP contribution in [0.25, 0.3) is 0 Å². The number of hydrogen-bond acceptors (Lipinski definition) is 7. The molecule has 2 heterocycles. The number of fused-ring (bicyclic) bond motifs is 1. The summed E-state index contributed by atoms with van der Waals surface area (Å²) in [6, 6.07) is 2.87. The van der Waals surface area contributed by atoms with Crippen LogP contribution >= 0.6 is 0 Å². The van der Waals surface area contributed by atoms with Gasteiger partial charge in [-0.3, -0.25) is 4.79 Å². The Balaban J connectivity index is 1.77. The lowest BCUT2D eigenvalue weighted by molar-refractivity contribution is 0.0752. The largest absolute Gasteiger partial charge is 0.489 e. The van der Waals surface area contributed by atoms with Crippen LogP contribution in [0.15, 0.2) is 17.3 Å². The van der Waals surface area contributed by atoms with E-state index in [1.54, 1.807) is 0 Å². The normalized spacial score (nSPS) is 23.2. The van der Waals surface area contributed by atoms with E-state index in [1.807, 2.05) is 0 Å². The number of nitrogens with zero attached hydrogens (tertiary/aromatic N) is 1. The molecule has 0 bridgehead atoms. The maximum absolute atomic E-state index is 12.6. The van der Waals surface area contributed by atoms with Gasteiger partial charge in [-0.25, -0.2) is 0 Å². The highest BCUT2D eigenvalue weighted by Crippen LogP contribution is 2.37. The average molecular weight is 335 g/mol. The van der Waals surface area contributed by atoms with Crippen LogP contribution in [-0.2, 0) is 0 Å². The lowest BCUT2D eigenvalue weighted by Gasteiger charge is -2.28. The highest BCUT2D eigenvalue weighted by atomic mass is 16.5.